The molecule has 1 aromatic rings. The van der Waals surface area contributed by atoms with E-state index in [9.17, 15) is 18.0 Å². The average Bonchev–Trinajstić information content (AvgIpc) is 3.46. The van der Waals surface area contributed by atoms with Gasteiger partial charge in [-0.25, -0.2) is 13.1 Å². The summed E-state index contributed by atoms with van der Waals surface area (Å²) in [5.74, 6) is 0.603. The summed E-state index contributed by atoms with van der Waals surface area (Å²) in [7, 11) is -0.558. The second kappa shape index (κ2) is 10.6. The zero-order valence-corrected chi connectivity index (χ0v) is 20.6. The van der Waals surface area contributed by atoms with Gasteiger partial charge in [-0.2, -0.15) is 0 Å². The van der Waals surface area contributed by atoms with Gasteiger partial charge in [0.1, 0.15) is 5.75 Å². The number of amides is 2. The van der Waals surface area contributed by atoms with Gasteiger partial charge in [0.25, 0.3) is 0 Å². The molecular weight excluding hydrogens is 460 g/mol. The van der Waals surface area contributed by atoms with Crippen LogP contribution in [0.2, 0.25) is 0 Å². The summed E-state index contributed by atoms with van der Waals surface area (Å²) in [6.45, 7) is 2.20. The normalized spacial score (nSPS) is 27.5. The fourth-order valence-corrected chi connectivity index (χ4v) is 6.57. The maximum Gasteiger partial charge on any atom is 0.240 e. The number of ether oxygens (including phenoxy) is 2. The average molecular weight is 495 g/mol. The Morgan fingerprint density at radius 1 is 1.21 bits per heavy atom. The number of benzene rings is 1. The van der Waals surface area contributed by atoms with Crippen LogP contribution in [0.3, 0.4) is 0 Å². The molecule has 4 atom stereocenters. The van der Waals surface area contributed by atoms with Gasteiger partial charge in [0.15, 0.2) is 0 Å². The summed E-state index contributed by atoms with van der Waals surface area (Å²) < 4.78 is 38.8. The molecule has 2 N–H and O–H groups in total. The third kappa shape index (κ3) is 5.37. The Morgan fingerprint density at radius 3 is 2.68 bits per heavy atom. The van der Waals surface area contributed by atoms with E-state index in [0.29, 0.717) is 44.7 Å². The van der Waals surface area contributed by atoms with Gasteiger partial charge in [-0.05, 0) is 49.9 Å². The zero-order valence-electron chi connectivity index (χ0n) is 19.7. The third-order valence-electron chi connectivity index (χ3n) is 7.06. The van der Waals surface area contributed by atoms with Crippen molar-refractivity contribution in [2.24, 2.45) is 0 Å². The molecule has 10 nitrogen and oxygen atoms in total. The fourth-order valence-electron chi connectivity index (χ4n) is 5.33. The van der Waals surface area contributed by atoms with Crippen LogP contribution >= 0.6 is 0 Å². The van der Waals surface area contributed by atoms with Gasteiger partial charge in [0.05, 0.1) is 30.7 Å². The van der Waals surface area contributed by atoms with Gasteiger partial charge in [-0.3, -0.25) is 14.5 Å². The number of fused-ring (bicyclic) bond motifs is 1. The standard InChI is InChI=1S/C23H34N4O6S/c1-32-15-18-4-3-11-26(18)22(28)10-5-17-13-24-23(29)21-12-16(14-27(17)21)25-34(30,31)20-8-6-19(33-2)7-9-20/h6-9,16-18,21,25H,3-5,10-15H2,1-2H3,(H,24,29)/t16-,17+,18+,21-/m0/s1. The van der Waals surface area contributed by atoms with Gasteiger partial charge < -0.3 is 19.7 Å². The van der Waals surface area contributed by atoms with E-state index in [2.05, 4.69) is 14.9 Å². The highest BCUT2D eigenvalue weighted by molar-refractivity contribution is 7.89. The molecule has 0 spiro atoms. The van der Waals surface area contributed by atoms with Gasteiger partial charge in [-0.1, -0.05) is 0 Å². The van der Waals surface area contributed by atoms with Crippen molar-refractivity contribution in [2.75, 3.05) is 40.5 Å². The van der Waals surface area contributed by atoms with Crippen LogP contribution in [0.5, 0.6) is 5.75 Å². The molecule has 188 valence electrons. The van der Waals surface area contributed by atoms with Gasteiger partial charge in [0, 0.05) is 45.2 Å². The Balaban J connectivity index is 1.36. The van der Waals surface area contributed by atoms with E-state index in [1.165, 1.54) is 19.2 Å². The molecule has 1 aromatic carbocycles. The lowest BCUT2D eigenvalue weighted by atomic mass is 10.0. The molecular formula is C23H34N4O6S. The Kier molecular flexibility index (Phi) is 7.76. The molecule has 0 aromatic heterocycles. The van der Waals surface area contributed by atoms with E-state index in [1.54, 1.807) is 19.2 Å². The largest absolute Gasteiger partial charge is 0.497 e. The molecule has 3 aliphatic heterocycles. The van der Waals surface area contributed by atoms with E-state index < -0.39 is 16.1 Å². The number of hydrogen-bond donors (Lipinski definition) is 2. The van der Waals surface area contributed by atoms with Crippen molar-refractivity contribution < 1.29 is 27.5 Å². The number of carbonyl (C=O) groups is 2. The first-order chi connectivity index (χ1) is 16.3. The Bertz CT molecular complexity index is 986. The molecule has 0 bridgehead atoms. The van der Waals surface area contributed by atoms with Crippen molar-refractivity contribution in [1.82, 2.24) is 19.8 Å². The number of piperazine rings is 1. The van der Waals surface area contributed by atoms with Crippen molar-refractivity contribution in [3.05, 3.63) is 24.3 Å². The second-order valence-corrected chi connectivity index (χ2v) is 10.9. The first-order valence-corrected chi connectivity index (χ1v) is 13.3. The topological polar surface area (TPSA) is 117 Å². The van der Waals surface area contributed by atoms with Crippen LogP contribution in [0.15, 0.2) is 29.2 Å². The Hall–Kier alpha value is -2.21. The number of methoxy groups -OCH3 is 2. The van der Waals surface area contributed by atoms with Crippen molar-refractivity contribution in [2.45, 2.75) is 61.2 Å². The van der Waals surface area contributed by atoms with E-state index in [-0.39, 0.29) is 34.8 Å². The molecule has 0 radical (unpaired) electrons. The maximum absolute atomic E-state index is 12.9. The highest BCUT2D eigenvalue weighted by atomic mass is 32.2. The number of nitrogens with one attached hydrogen (secondary N) is 2. The molecule has 3 aliphatic rings. The number of likely N-dealkylation sites (tertiary alicyclic amines) is 1. The SMILES string of the molecule is COC[C@H]1CCCN1C(=O)CC[C@@H]1CNC(=O)[C@@H]2C[C@H](NS(=O)(=O)c3ccc(OC)cc3)CN12. The molecule has 2 amide bonds. The van der Waals surface area contributed by atoms with Crippen LogP contribution in [-0.2, 0) is 24.3 Å². The summed E-state index contributed by atoms with van der Waals surface area (Å²) in [6.07, 6.45) is 3.36. The molecule has 0 aliphatic carbocycles. The zero-order chi connectivity index (χ0) is 24.3. The molecule has 3 fully saturated rings. The van der Waals surface area contributed by atoms with Gasteiger partial charge in [0.2, 0.25) is 21.8 Å². The van der Waals surface area contributed by atoms with Gasteiger partial charge in [-0.15, -0.1) is 0 Å². The van der Waals surface area contributed by atoms with Crippen LogP contribution in [0.1, 0.15) is 32.1 Å². The van der Waals surface area contributed by atoms with Crippen molar-refractivity contribution in [1.29, 1.82) is 0 Å². The Morgan fingerprint density at radius 2 is 1.97 bits per heavy atom. The highest BCUT2D eigenvalue weighted by Crippen LogP contribution is 2.28. The minimum absolute atomic E-state index is 0.00869. The highest BCUT2D eigenvalue weighted by Gasteiger charge is 2.44. The first kappa shape index (κ1) is 24.9. The van der Waals surface area contributed by atoms with Crippen LogP contribution in [0.4, 0.5) is 0 Å². The first-order valence-electron chi connectivity index (χ1n) is 11.8. The predicted octanol–water partition coefficient (Wildman–Crippen LogP) is 0.332. The second-order valence-electron chi connectivity index (χ2n) is 9.22. The van der Waals surface area contributed by atoms with Crippen LogP contribution < -0.4 is 14.8 Å². The van der Waals surface area contributed by atoms with E-state index in [1.807, 2.05) is 4.90 Å². The van der Waals surface area contributed by atoms with Crippen molar-refractivity contribution >= 4 is 21.8 Å². The molecule has 0 unspecified atom stereocenters. The monoisotopic (exact) mass is 494 g/mol. The quantitative estimate of drug-likeness (QED) is 0.508. The lowest BCUT2D eigenvalue weighted by Crippen LogP contribution is -2.58. The lowest BCUT2D eigenvalue weighted by Gasteiger charge is -2.37. The smallest absolute Gasteiger partial charge is 0.240 e. The van der Waals surface area contributed by atoms with E-state index in [4.69, 9.17) is 9.47 Å². The number of hydrogen-bond acceptors (Lipinski definition) is 7. The molecule has 3 saturated heterocycles. The van der Waals surface area contributed by atoms with Gasteiger partial charge >= 0.3 is 0 Å². The minimum Gasteiger partial charge on any atom is -0.497 e. The Labute approximate surface area is 201 Å². The number of sulfonamides is 1. The molecule has 0 saturated carbocycles. The molecule has 4 rings (SSSR count). The fraction of sp³-hybridized carbons (Fsp3) is 0.652. The summed E-state index contributed by atoms with van der Waals surface area (Å²) in [4.78, 5) is 29.5. The summed E-state index contributed by atoms with van der Waals surface area (Å²) >= 11 is 0. The van der Waals surface area contributed by atoms with Crippen molar-refractivity contribution in [3.63, 3.8) is 0 Å². The summed E-state index contributed by atoms with van der Waals surface area (Å²) in [5, 5.41) is 2.94. The molecule has 34 heavy (non-hydrogen) atoms. The van der Waals surface area contributed by atoms with E-state index in [0.717, 1.165) is 19.4 Å². The van der Waals surface area contributed by atoms with Crippen LogP contribution in [-0.4, -0.2) is 94.7 Å². The number of rotatable bonds is 9. The molecule has 3 heterocycles. The lowest BCUT2D eigenvalue weighted by molar-refractivity contribution is -0.133. The molecule has 11 heteroatoms. The summed E-state index contributed by atoms with van der Waals surface area (Å²) in [5.41, 5.74) is 0. The number of nitrogens with zero attached hydrogens (tertiary/aromatic N) is 2. The number of carbonyl (C=O) groups excluding carboxylic acids is 2. The van der Waals surface area contributed by atoms with E-state index >= 15 is 0 Å². The van der Waals surface area contributed by atoms with Crippen molar-refractivity contribution in [3.8, 4) is 5.75 Å². The van der Waals surface area contributed by atoms with Crippen LogP contribution in [0, 0.1) is 0 Å². The predicted molar refractivity (Wildman–Crippen MR) is 125 cm³/mol. The minimum atomic E-state index is -3.73. The summed E-state index contributed by atoms with van der Waals surface area (Å²) in [6, 6.07) is 5.55. The third-order valence-corrected chi connectivity index (χ3v) is 8.60. The maximum atomic E-state index is 12.9. The van der Waals surface area contributed by atoms with Crippen LogP contribution in [0.25, 0.3) is 0 Å².